The molecule has 0 amide bonds. The summed E-state index contributed by atoms with van der Waals surface area (Å²) in [5.41, 5.74) is 0. The van der Waals surface area contributed by atoms with E-state index in [4.69, 9.17) is 0 Å². The smallest absolute Gasteiger partial charge is 0.00441 e. The lowest BCUT2D eigenvalue weighted by Crippen LogP contribution is -1.69. The van der Waals surface area contributed by atoms with E-state index in [1.807, 2.05) is 0 Å². The van der Waals surface area contributed by atoms with Crippen LogP contribution in [0.1, 0.15) is 25.7 Å². The van der Waals surface area contributed by atoms with Crippen LogP contribution in [0.5, 0.6) is 0 Å². The fourth-order valence-electron chi connectivity index (χ4n) is 0.938. The highest BCUT2D eigenvalue weighted by Crippen LogP contribution is 2.04. The van der Waals surface area contributed by atoms with Crippen LogP contribution in [-0.4, -0.2) is 0 Å². The molecule has 49 valence electrons. The van der Waals surface area contributed by atoms with E-state index in [1.54, 1.807) is 0 Å². The van der Waals surface area contributed by atoms with Crippen molar-refractivity contribution in [2.75, 3.05) is 0 Å². The molecule has 0 unspecified atom stereocenters. The van der Waals surface area contributed by atoms with Gasteiger partial charge in [0.1, 0.15) is 0 Å². The van der Waals surface area contributed by atoms with Crippen LogP contribution < -0.4 is 0 Å². The van der Waals surface area contributed by atoms with Crippen molar-refractivity contribution >= 4 is 0 Å². The molecule has 1 aliphatic carbocycles. The zero-order valence-electron chi connectivity index (χ0n) is 5.72. The molecule has 0 fully saturated rings. The highest BCUT2D eigenvalue weighted by atomic mass is 13.9. The Morgan fingerprint density at radius 1 is 0.778 bits per heavy atom. The number of allylic oxidation sites excluding steroid dienone is 4. The first-order chi connectivity index (χ1) is 4.50. The van der Waals surface area contributed by atoms with Crippen LogP contribution in [0.15, 0.2) is 24.3 Å². The summed E-state index contributed by atoms with van der Waals surface area (Å²) in [6.07, 6.45) is 16.0. The van der Waals surface area contributed by atoms with Gasteiger partial charge in [0.05, 0.1) is 0 Å². The van der Waals surface area contributed by atoms with Gasteiger partial charge < -0.3 is 0 Å². The molecule has 0 heterocycles. The van der Waals surface area contributed by atoms with Crippen LogP contribution in [0.4, 0.5) is 0 Å². The minimum Gasteiger partial charge on any atom is -0.0879 e. The minimum absolute atomic E-state index is 1.25. The topological polar surface area (TPSA) is 0 Å². The summed E-state index contributed by atoms with van der Waals surface area (Å²) >= 11 is 0. The quantitative estimate of drug-likeness (QED) is 0.462. The second-order valence-electron chi connectivity index (χ2n) is 2.33. The first-order valence-electron chi connectivity index (χ1n) is 3.65. The average Bonchev–Trinajstić information content (AvgIpc) is 2.00. The summed E-state index contributed by atoms with van der Waals surface area (Å²) in [5.74, 6) is 0. The van der Waals surface area contributed by atoms with E-state index in [1.165, 1.54) is 25.7 Å². The van der Waals surface area contributed by atoms with Gasteiger partial charge in [-0.25, -0.2) is 0 Å². The molecule has 0 bridgehead atoms. The molecule has 0 nitrogen and oxygen atoms in total. The summed E-state index contributed by atoms with van der Waals surface area (Å²) in [6, 6.07) is 0. The molecular formula is C9H13. The van der Waals surface area contributed by atoms with Crippen molar-refractivity contribution in [3.63, 3.8) is 0 Å². The maximum atomic E-state index is 2.23. The van der Waals surface area contributed by atoms with Gasteiger partial charge in [0.2, 0.25) is 0 Å². The molecule has 0 heteroatoms. The van der Waals surface area contributed by atoms with Crippen molar-refractivity contribution in [1.82, 2.24) is 0 Å². The van der Waals surface area contributed by atoms with Crippen molar-refractivity contribution in [1.29, 1.82) is 0 Å². The molecule has 0 aliphatic heterocycles. The standard InChI is InChI=1S/C9H13/c1-2-4-6-8-9-7-5-3-1/h1-5H,6-9H2/b4-2-,5-3+. The van der Waals surface area contributed by atoms with E-state index in [0.29, 0.717) is 0 Å². The van der Waals surface area contributed by atoms with Gasteiger partial charge in [0.25, 0.3) is 0 Å². The predicted molar refractivity (Wildman–Crippen MR) is 41.0 cm³/mol. The summed E-state index contributed by atoms with van der Waals surface area (Å²) in [5, 5.41) is 0. The van der Waals surface area contributed by atoms with Gasteiger partial charge in [0.15, 0.2) is 0 Å². The molecule has 0 saturated carbocycles. The SMILES string of the molecule is [CH]1/C=C\CCCC/C=C/1. The van der Waals surface area contributed by atoms with Gasteiger partial charge in [-0.1, -0.05) is 24.3 Å². The van der Waals surface area contributed by atoms with Crippen molar-refractivity contribution in [2.24, 2.45) is 0 Å². The second kappa shape index (κ2) is 4.37. The monoisotopic (exact) mass is 121 g/mol. The Bertz CT molecular complexity index is 95.2. The molecule has 0 spiro atoms. The number of hydrogen-bond acceptors (Lipinski definition) is 0. The Kier molecular flexibility index (Phi) is 3.20. The lowest BCUT2D eigenvalue weighted by molar-refractivity contribution is 0.764. The molecule has 1 aliphatic rings. The van der Waals surface area contributed by atoms with Crippen LogP contribution in [0.3, 0.4) is 0 Å². The van der Waals surface area contributed by atoms with E-state index >= 15 is 0 Å². The summed E-state index contributed by atoms with van der Waals surface area (Å²) < 4.78 is 0. The third-order valence-corrected chi connectivity index (χ3v) is 1.49. The minimum atomic E-state index is 1.25. The normalized spacial score (nSPS) is 27.6. The van der Waals surface area contributed by atoms with Crippen molar-refractivity contribution < 1.29 is 0 Å². The van der Waals surface area contributed by atoms with Crippen molar-refractivity contribution in [3.05, 3.63) is 30.7 Å². The zero-order chi connectivity index (χ0) is 6.36. The Morgan fingerprint density at radius 3 is 1.89 bits per heavy atom. The van der Waals surface area contributed by atoms with Gasteiger partial charge in [-0.05, 0) is 25.7 Å². The van der Waals surface area contributed by atoms with Crippen LogP contribution in [0, 0.1) is 6.42 Å². The maximum Gasteiger partial charge on any atom is 0.00441 e. The summed E-state index contributed by atoms with van der Waals surface area (Å²) in [7, 11) is 0. The molecule has 1 rings (SSSR count). The van der Waals surface area contributed by atoms with E-state index < -0.39 is 0 Å². The molecule has 0 atom stereocenters. The lowest BCUT2D eigenvalue weighted by atomic mass is 10.2. The van der Waals surface area contributed by atoms with Crippen LogP contribution in [0.2, 0.25) is 0 Å². The molecule has 0 aromatic rings. The van der Waals surface area contributed by atoms with Gasteiger partial charge in [0, 0.05) is 6.42 Å². The lowest BCUT2D eigenvalue weighted by Gasteiger charge is -1.89. The van der Waals surface area contributed by atoms with Gasteiger partial charge >= 0.3 is 0 Å². The van der Waals surface area contributed by atoms with Gasteiger partial charge in [-0.3, -0.25) is 0 Å². The van der Waals surface area contributed by atoms with Crippen LogP contribution in [-0.2, 0) is 0 Å². The molecule has 1 radical (unpaired) electrons. The largest absolute Gasteiger partial charge is 0.0879 e. The third kappa shape index (κ3) is 3.12. The van der Waals surface area contributed by atoms with E-state index in [9.17, 15) is 0 Å². The fourth-order valence-corrected chi connectivity index (χ4v) is 0.938. The fraction of sp³-hybridized carbons (Fsp3) is 0.444. The van der Waals surface area contributed by atoms with Gasteiger partial charge in [-0.15, -0.1) is 0 Å². The predicted octanol–water partition coefficient (Wildman–Crippen LogP) is 2.88. The molecule has 9 heavy (non-hydrogen) atoms. The molecule has 0 saturated heterocycles. The highest BCUT2D eigenvalue weighted by Gasteiger charge is 1.85. The molecule has 0 aromatic carbocycles. The molecule has 0 N–H and O–H groups in total. The van der Waals surface area contributed by atoms with Crippen molar-refractivity contribution in [2.45, 2.75) is 25.7 Å². The molecular weight excluding hydrogens is 108 g/mol. The van der Waals surface area contributed by atoms with Crippen LogP contribution in [0.25, 0.3) is 0 Å². The van der Waals surface area contributed by atoms with Gasteiger partial charge in [-0.2, -0.15) is 0 Å². The van der Waals surface area contributed by atoms with Crippen LogP contribution >= 0.6 is 0 Å². The third-order valence-electron chi connectivity index (χ3n) is 1.49. The highest BCUT2D eigenvalue weighted by molar-refractivity contribution is 5.08. The Labute approximate surface area is 57.3 Å². The first kappa shape index (κ1) is 6.60. The summed E-state index contributed by atoms with van der Waals surface area (Å²) in [4.78, 5) is 0. The second-order valence-corrected chi connectivity index (χ2v) is 2.33. The van der Waals surface area contributed by atoms with Crippen molar-refractivity contribution in [3.8, 4) is 0 Å². The zero-order valence-corrected chi connectivity index (χ0v) is 5.72. The summed E-state index contributed by atoms with van der Waals surface area (Å²) in [6.45, 7) is 0. The number of rotatable bonds is 0. The Morgan fingerprint density at radius 2 is 1.33 bits per heavy atom. The first-order valence-corrected chi connectivity index (χ1v) is 3.65. The molecule has 0 aromatic heterocycles. The van der Waals surface area contributed by atoms with E-state index in [0.717, 1.165) is 0 Å². The Hall–Kier alpha value is -0.520. The maximum absolute atomic E-state index is 2.23. The Balaban J connectivity index is 2.28. The van der Waals surface area contributed by atoms with E-state index in [-0.39, 0.29) is 0 Å². The average molecular weight is 121 g/mol. The van der Waals surface area contributed by atoms with E-state index in [2.05, 4.69) is 30.7 Å². The number of hydrogen-bond donors (Lipinski definition) is 0.